The van der Waals surface area contributed by atoms with Gasteiger partial charge < -0.3 is 99.3 Å². The zero-order valence-electron chi connectivity index (χ0n) is 25.1. The summed E-state index contributed by atoms with van der Waals surface area (Å²) in [4.78, 5) is 0. The molecular weight excluding hydrogens is 970 g/mol. The fourth-order valence-electron chi connectivity index (χ4n) is 4.36. The summed E-state index contributed by atoms with van der Waals surface area (Å²) in [6.07, 6.45) is 0. The van der Waals surface area contributed by atoms with E-state index < -0.39 is 15.8 Å². The van der Waals surface area contributed by atoms with Crippen molar-refractivity contribution in [3.63, 3.8) is 0 Å². The van der Waals surface area contributed by atoms with Crippen LogP contribution in [0.4, 0.5) is 0 Å². The first-order valence-corrected chi connectivity index (χ1v) is 15.5. The van der Waals surface area contributed by atoms with Crippen LogP contribution in [0.2, 0.25) is 0 Å². The van der Waals surface area contributed by atoms with Crippen LogP contribution < -0.4 is 131 Å². The van der Waals surface area contributed by atoms with Crippen LogP contribution in [0, 0.1) is 0 Å². The minimum Gasteiger partial charge on any atom is -1.00 e. The van der Waals surface area contributed by atoms with Crippen molar-refractivity contribution in [2.24, 2.45) is 0 Å². The van der Waals surface area contributed by atoms with Crippen LogP contribution in [-0.4, -0.2) is 0 Å². The van der Waals surface area contributed by atoms with Gasteiger partial charge in [0.2, 0.25) is 0 Å². The third-order valence-electron chi connectivity index (χ3n) is 6.09. The molecule has 0 atom stereocenters. The van der Waals surface area contributed by atoms with Gasteiger partial charge in [-0.1, -0.05) is 182 Å². The Hall–Kier alpha value is -0.123. The van der Waals surface area contributed by atoms with E-state index in [1.165, 1.54) is 31.8 Å². The molecule has 0 aromatic heterocycles. The monoisotopic (exact) mass is 1000 g/mol. The molecule has 0 heterocycles. The SMILES string of the molecule is [Cl-].[Cl-].[Cl-].[Cl-].[Cl-].[Cl-].[Cl-].[Cl-].[Mo+4].[Mo+4].c1ccc(P(c2ccccc2)c2ccccc2)cc1.c1ccc(P(c2ccccc2)c2ccccc2)cc1. The number of hydrogen-bond acceptors (Lipinski definition) is 0. The Kier molecular flexibility index (Phi) is 42.5. The first-order chi connectivity index (χ1) is 18.9. The number of hydrogen-bond donors (Lipinski definition) is 0. The molecule has 0 bridgehead atoms. The van der Waals surface area contributed by atoms with E-state index in [2.05, 4.69) is 182 Å². The van der Waals surface area contributed by atoms with Crippen molar-refractivity contribution in [2.45, 2.75) is 0 Å². The van der Waals surface area contributed by atoms with E-state index in [0.29, 0.717) is 0 Å². The molecule has 0 saturated heterocycles. The predicted octanol–water partition coefficient (Wildman–Crippen LogP) is -17.1. The second-order valence-corrected chi connectivity index (χ2v) is 13.1. The molecule has 0 aliphatic rings. The maximum absolute atomic E-state index is 2.23. The molecule has 48 heavy (non-hydrogen) atoms. The number of halogens is 8. The molecule has 6 aromatic rings. The molecule has 12 heteroatoms. The summed E-state index contributed by atoms with van der Waals surface area (Å²) in [7, 11) is -0.892. The first-order valence-electron chi connectivity index (χ1n) is 12.8. The molecule has 0 spiro atoms. The molecule has 0 unspecified atom stereocenters. The van der Waals surface area contributed by atoms with E-state index >= 15 is 0 Å². The summed E-state index contributed by atoms with van der Waals surface area (Å²) in [6, 6.07) is 64.7. The second kappa shape index (κ2) is 34.0. The van der Waals surface area contributed by atoms with E-state index in [-0.39, 0.29) is 141 Å². The van der Waals surface area contributed by atoms with Gasteiger partial charge in [0, 0.05) is 0 Å². The van der Waals surface area contributed by atoms with Gasteiger partial charge in [0.05, 0.1) is 0 Å². The number of benzene rings is 6. The zero-order valence-corrected chi connectivity index (χ0v) is 36.9. The Morgan fingerprint density at radius 2 is 0.292 bits per heavy atom. The van der Waals surface area contributed by atoms with Gasteiger partial charge in [0.15, 0.2) is 0 Å². The molecular formula is C36H30Cl8Mo2P2. The Labute approximate surface area is 367 Å². The van der Waals surface area contributed by atoms with Crippen LogP contribution in [0.25, 0.3) is 0 Å². The van der Waals surface area contributed by atoms with E-state index in [1.54, 1.807) is 0 Å². The van der Waals surface area contributed by atoms with E-state index in [1.807, 2.05) is 0 Å². The second-order valence-electron chi connectivity index (χ2n) is 8.68. The van der Waals surface area contributed by atoms with E-state index in [0.717, 1.165) is 0 Å². The Morgan fingerprint density at radius 1 is 0.188 bits per heavy atom. The van der Waals surface area contributed by atoms with Gasteiger partial charge in [-0.3, -0.25) is 0 Å². The largest absolute Gasteiger partial charge is 4.00 e. The van der Waals surface area contributed by atoms with Crippen molar-refractivity contribution in [2.75, 3.05) is 0 Å². The van der Waals surface area contributed by atoms with Crippen LogP contribution in [0.1, 0.15) is 0 Å². The van der Waals surface area contributed by atoms with Crippen LogP contribution in [0.5, 0.6) is 0 Å². The van der Waals surface area contributed by atoms with E-state index in [4.69, 9.17) is 0 Å². The van der Waals surface area contributed by atoms with Crippen molar-refractivity contribution >= 4 is 47.7 Å². The van der Waals surface area contributed by atoms with Gasteiger partial charge in [0.25, 0.3) is 0 Å². The van der Waals surface area contributed by atoms with Crippen molar-refractivity contribution in [3.05, 3.63) is 182 Å². The van der Waals surface area contributed by atoms with Gasteiger partial charge in [-0.05, 0) is 47.7 Å². The van der Waals surface area contributed by atoms with E-state index in [9.17, 15) is 0 Å². The van der Waals surface area contributed by atoms with Gasteiger partial charge in [-0.15, -0.1) is 0 Å². The maximum Gasteiger partial charge on any atom is 4.00 e. The first kappa shape index (κ1) is 60.0. The quantitative estimate of drug-likeness (QED) is 0.115. The fraction of sp³-hybridized carbons (Fsp3) is 0. The van der Waals surface area contributed by atoms with Gasteiger partial charge >= 0.3 is 42.1 Å². The molecule has 0 N–H and O–H groups in total. The zero-order chi connectivity index (χ0) is 25.8. The van der Waals surface area contributed by atoms with Crippen LogP contribution in [-0.2, 0) is 42.1 Å². The minimum atomic E-state index is -0.446. The van der Waals surface area contributed by atoms with Crippen LogP contribution >= 0.6 is 15.8 Å². The summed E-state index contributed by atoms with van der Waals surface area (Å²) in [5.74, 6) is 0. The topological polar surface area (TPSA) is 0 Å². The van der Waals surface area contributed by atoms with Crippen LogP contribution in [0.3, 0.4) is 0 Å². The van der Waals surface area contributed by atoms with Gasteiger partial charge in [0.1, 0.15) is 0 Å². The molecule has 0 amide bonds. The summed E-state index contributed by atoms with van der Waals surface area (Å²) in [5.41, 5.74) is 0. The van der Waals surface area contributed by atoms with Crippen molar-refractivity contribution in [3.8, 4) is 0 Å². The van der Waals surface area contributed by atoms with Crippen molar-refractivity contribution in [1.82, 2.24) is 0 Å². The Bertz CT molecular complexity index is 1210. The average Bonchev–Trinajstić information content (AvgIpc) is 3.01. The molecule has 6 aromatic carbocycles. The Balaban J connectivity index is -0.000000152. The van der Waals surface area contributed by atoms with Crippen LogP contribution in [0.15, 0.2) is 182 Å². The van der Waals surface area contributed by atoms with Crippen molar-refractivity contribution in [1.29, 1.82) is 0 Å². The Morgan fingerprint density at radius 3 is 0.396 bits per heavy atom. The molecule has 252 valence electrons. The summed E-state index contributed by atoms with van der Waals surface area (Å²) in [6.45, 7) is 0. The molecule has 0 nitrogen and oxygen atoms in total. The molecule has 0 aliphatic heterocycles. The predicted molar refractivity (Wildman–Crippen MR) is 170 cm³/mol. The minimum absolute atomic E-state index is 0. The van der Waals surface area contributed by atoms with Crippen molar-refractivity contribution < 1.29 is 141 Å². The summed E-state index contributed by atoms with van der Waals surface area (Å²) in [5, 5.41) is 8.39. The summed E-state index contributed by atoms with van der Waals surface area (Å²) < 4.78 is 0. The average molecular weight is 1000 g/mol. The smallest absolute Gasteiger partial charge is 1.00 e. The molecule has 0 saturated carbocycles. The molecule has 0 fully saturated rings. The third kappa shape index (κ3) is 17.9. The van der Waals surface area contributed by atoms with Gasteiger partial charge in [-0.25, -0.2) is 0 Å². The standard InChI is InChI=1S/2C18H15P.8ClH.2Mo/c2*1-4-10-16(11-5-1)19(17-12-6-2-7-13-17)18-14-8-3-9-15-18;;;;;;;;;;/h2*1-15H;8*1H;;/q;;;;;;;;;;2*+4/p-8. The molecule has 0 radical (unpaired) electrons. The molecule has 0 aliphatic carbocycles. The fourth-order valence-corrected chi connectivity index (χ4v) is 8.97. The number of rotatable bonds is 6. The molecule has 6 rings (SSSR count). The maximum atomic E-state index is 2.23. The normalized spacial score (nSPS) is 8.38. The van der Waals surface area contributed by atoms with Gasteiger partial charge in [-0.2, -0.15) is 0 Å². The summed E-state index contributed by atoms with van der Waals surface area (Å²) >= 11 is 0. The third-order valence-corrected chi connectivity index (χ3v) is 11.0.